The van der Waals surface area contributed by atoms with Gasteiger partial charge in [0.2, 0.25) is 5.91 Å². The summed E-state index contributed by atoms with van der Waals surface area (Å²) in [5.41, 5.74) is 0. The molecule has 1 N–H and O–H groups in total. The number of hydrogen-bond acceptors (Lipinski definition) is 2. The van der Waals surface area contributed by atoms with Crippen LogP contribution in [0.3, 0.4) is 0 Å². The Bertz CT molecular complexity index is 140. The van der Waals surface area contributed by atoms with Crippen LogP contribution in [-0.2, 0) is 4.79 Å². The van der Waals surface area contributed by atoms with Crippen LogP contribution in [0, 0.1) is 5.21 Å². The van der Waals surface area contributed by atoms with Crippen molar-refractivity contribution in [1.29, 1.82) is 0 Å². The van der Waals surface area contributed by atoms with Gasteiger partial charge in [-0.1, -0.05) is 6.92 Å². The number of quaternary nitrogens is 1. The monoisotopic (exact) mass is 174 g/mol. The van der Waals surface area contributed by atoms with Gasteiger partial charge in [0.1, 0.15) is 0 Å². The Morgan fingerprint density at radius 1 is 1.50 bits per heavy atom. The lowest BCUT2D eigenvalue weighted by molar-refractivity contribution is -0.840. The van der Waals surface area contributed by atoms with E-state index in [9.17, 15) is 10.0 Å². The van der Waals surface area contributed by atoms with Gasteiger partial charge < -0.3 is 15.2 Å². The van der Waals surface area contributed by atoms with E-state index in [0.29, 0.717) is 19.5 Å². The van der Waals surface area contributed by atoms with Crippen LogP contribution in [0.1, 0.15) is 19.8 Å². The van der Waals surface area contributed by atoms with Gasteiger partial charge in [-0.15, -0.1) is 0 Å². The number of hydroxylamine groups is 3. The molecule has 0 radical (unpaired) electrons. The second-order valence-electron chi connectivity index (χ2n) is 3.35. The lowest BCUT2D eigenvalue weighted by atomic mass is 10.3. The molecule has 0 aliphatic heterocycles. The highest BCUT2D eigenvalue weighted by molar-refractivity contribution is 5.75. The molecule has 0 saturated heterocycles. The summed E-state index contributed by atoms with van der Waals surface area (Å²) in [7, 11) is 3.20. The highest BCUT2D eigenvalue weighted by Crippen LogP contribution is 1.93. The first-order chi connectivity index (χ1) is 5.45. The molecule has 0 fully saturated rings. The third-order valence-electron chi connectivity index (χ3n) is 1.52. The molecule has 1 amide bonds. The third-order valence-corrected chi connectivity index (χ3v) is 1.52. The van der Waals surface area contributed by atoms with E-state index in [1.54, 1.807) is 14.1 Å². The van der Waals surface area contributed by atoms with Crippen LogP contribution in [0.4, 0.5) is 0 Å². The molecule has 0 spiro atoms. The van der Waals surface area contributed by atoms with Crippen molar-refractivity contribution in [3.05, 3.63) is 5.21 Å². The quantitative estimate of drug-likeness (QED) is 0.374. The van der Waals surface area contributed by atoms with E-state index in [2.05, 4.69) is 5.32 Å². The third kappa shape index (κ3) is 7.50. The fourth-order valence-electron chi connectivity index (χ4n) is 0.813. The molecule has 0 aromatic heterocycles. The average Bonchev–Trinajstić information content (AvgIpc) is 1.96. The van der Waals surface area contributed by atoms with E-state index in [4.69, 9.17) is 0 Å². The van der Waals surface area contributed by atoms with Crippen LogP contribution in [-0.4, -0.2) is 37.7 Å². The summed E-state index contributed by atoms with van der Waals surface area (Å²) in [5, 5.41) is 13.8. The first-order valence-electron chi connectivity index (χ1n) is 4.26. The summed E-state index contributed by atoms with van der Waals surface area (Å²) in [6.45, 7) is 2.96. The molecule has 0 aliphatic carbocycles. The summed E-state index contributed by atoms with van der Waals surface area (Å²) in [4.78, 5) is 10.7. The lowest BCUT2D eigenvalue weighted by Crippen LogP contribution is -2.35. The van der Waals surface area contributed by atoms with Crippen molar-refractivity contribution in [2.75, 3.05) is 27.2 Å². The zero-order valence-corrected chi connectivity index (χ0v) is 8.09. The van der Waals surface area contributed by atoms with Gasteiger partial charge in [0, 0.05) is 19.4 Å². The van der Waals surface area contributed by atoms with E-state index in [1.165, 1.54) is 0 Å². The Morgan fingerprint density at radius 2 is 2.08 bits per heavy atom. The number of nitrogens with zero attached hydrogens (tertiary/aromatic N) is 1. The highest BCUT2D eigenvalue weighted by atomic mass is 16.5. The number of rotatable bonds is 5. The maximum Gasteiger partial charge on any atom is 0.219 e. The summed E-state index contributed by atoms with van der Waals surface area (Å²) in [6, 6.07) is 0. The predicted octanol–water partition coefficient (Wildman–Crippen LogP) is 0.477. The highest BCUT2D eigenvalue weighted by Gasteiger charge is 2.01. The number of carbonyl (C=O) groups is 1. The minimum atomic E-state index is -0.290. The molecular weight excluding hydrogens is 156 g/mol. The first kappa shape index (κ1) is 11.4. The van der Waals surface area contributed by atoms with E-state index in [-0.39, 0.29) is 10.6 Å². The van der Waals surface area contributed by atoms with Crippen molar-refractivity contribution in [1.82, 2.24) is 5.32 Å². The van der Waals surface area contributed by atoms with Crippen LogP contribution in [0.5, 0.6) is 0 Å². The van der Waals surface area contributed by atoms with Crippen molar-refractivity contribution >= 4 is 5.91 Å². The molecule has 0 bridgehead atoms. The molecular formula is C8H18N2O2. The van der Waals surface area contributed by atoms with Gasteiger partial charge in [0.05, 0.1) is 20.6 Å². The summed E-state index contributed by atoms with van der Waals surface area (Å²) in [6.07, 6.45) is 1.25. The molecule has 0 aromatic carbocycles. The SMILES string of the molecule is CCC(=O)NCCC[N+](C)(C)[O-]. The summed E-state index contributed by atoms with van der Waals surface area (Å²) >= 11 is 0. The normalized spacial score (nSPS) is 11.3. The molecule has 12 heavy (non-hydrogen) atoms. The first-order valence-corrected chi connectivity index (χ1v) is 4.26. The molecule has 0 rings (SSSR count). The van der Waals surface area contributed by atoms with Crippen molar-refractivity contribution < 1.29 is 9.44 Å². The molecule has 0 heterocycles. The number of nitrogens with one attached hydrogen (secondary N) is 1. The second-order valence-corrected chi connectivity index (χ2v) is 3.35. The molecule has 4 heteroatoms. The van der Waals surface area contributed by atoms with Crippen molar-refractivity contribution in [2.24, 2.45) is 0 Å². The van der Waals surface area contributed by atoms with E-state index in [1.807, 2.05) is 6.92 Å². The van der Waals surface area contributed by atoms with E-state index >= 15 is 0 Å². The molecule has 0 saturated carbocycles. The second kappa shape index (κ2) is 5.11. The molecule has 0 aromatic rings. The van der Waals surface area contributed by atoms with E-state index in [0.717, 1.165) is 6.42 Å². The molecule has 72 valence electrons. The average molecular weight is 174 g/mol. The van der Waals surface area contributed by atoms with Gasteiger partial charge >= 0.3 is 0 Å². The van der Waals surface area contributed by atoms with Gasteiger partial charge in [-0.25, -0.2) is 0 Å². The fourth-order valence-corrected chi connectivity index (χ4v) is 0.813. The standard InChI is InChI=1S/C8H18N2O2/c1-4-8(11)9-6-5-7-10(2,3)12/h4-7H2,1-3H3,(H,9,11). The molecule has 0 atom stereocenters. The van der Waals surface area contributed by atoms with Crippen LogP contribution in [0.2, 0.25) is 0 Å². The zero-order valence-electron chi connectivity index (χ0n) is 8.09. The smallest absolute Gasteiger partial charge is 0.219 e. The lowest BCUT2D eigenvalue weighted by Gasteiger charge is -2.33. The number of hydrogen-bond donors (Lipinski definition) is 1. The van der Waals surface area contributed by atoms with Gasteiger partial charge in [-0.3, -0.25) is 4.79 Å². The maximum atomic E-state index is 11.0. The summed E-state index contributed by atoms with van der Waals surface area (Å²) in [5.74, 6) is 0.0474. The summed E-state index contributed by atoms with van der Waals surface area (Å²) < 4.78 is -0.290. The zero-order chi connectivity index (χ0) is 9.61. The minimum absolute atomic E-state index is 0.0474. The fraction of sp³-hybridized carbons (Fsp3) is 0.875. The Hall–Kier alpha value is -0.610. The van der Waals surface area contributed by atoms with Crippen molar-refractivity contribution in [3.8, 4) is 0 Å². The number of carbonyl (C=O) groups excluding carboxylic acids is 1. The van der Waals surface area contributed by atoms with Gasteiger partial charge in [-0.2, -0.15) is 0 Å². The van der Waals surface area contributed by atoms with Gasteiger partial charge in [0.25, 0.3) is 0 Å². The van der Waals surface area contributed by atoms with E-state index < -0.39 is 0 Å². The van der Waals surface area contributed by atoms with Crippen LogP contribution in [0.25, 0.3) is 0 Å². The van der Waals surface area contributed by atoms with Crippen LogP contribution < -0.4 is 5.32 Å². The van der Waals surface area contributed by atoms with Crippen molar-refractivity contribution in [3.63, 3.8) is 0 Å². The molecule has 0 aliphatic rings. The topological polar surface area (TPSA) is 52.2 Å². The van der Waals surface area contributed by atoms with Crippen LogP contribution >= 0.6 is 0 Å². The predicted molar refractivity (Wildman–Crippen MR) is 48.3 cm³/mol. The Kier molecular flexibility index (Phi) is 4.85. The van der Waals surface area contributed by atoms with Gasteiger partial charge in [-0.05, 0) is 0 Å². The molecule has 0 unspecified atom stereocenters. The Morgan fingerprint density at radius 3 is 2.50 bits per heavy atom. The maximum absolute atomic E-state index is 11.0. The largest absolute Gasteiger partial charge is 0.633 e. The Balaban J connectivity index is 3.28. The molecule has 4 nitrogen and oxygen atoms in total. The minimum Gasteiger partial charge on any atom is -0.633 e. The number of amides is 1. The van der Waals surface area contributed by atoms with Gasteiger partial charge in [0.15, 0.2) is 0 Å². The Labute approximate surface area is 73.7 Å². The van der Waals surface area contributed by atoms with Crippen LogP contribution in [0.15, 0.2) is 0 Å². The van der Waals surface area contributed by atoms with Crippen molar-refractivity contribution in [2.45, 2.75) is 19.8 Å².